The first-order valence-electron chi connectivity index (χ1n) is 7.17. The lowest BCUT2D eigenvalue weighted by atomic mass is 9.96. The normalized spacial score (nSPS) is 11.2. The van der Waals surface area contributed by atoms with Gasteiger partial charge in [-0.1, -0.05) is 18.2 Å². The number of para-hydroxylation sites is 1. The number of fused-ring (bicyclic) bond motifs is 3. The van der Waals surface area contributed by atoms with Crippen LogP contribution in [-0.2, 0) is 16.0 Å². The van der Waals surface area contributed by atoms with E-state index >= 15 is 0 Å². The Morgan fingerprint density at radius 1 is 1.14 bits per heavy atom. The molecule has 3 heteroatoms. The number of ether oxygens (including phenoxy) is 1. The summed E-state index contributed by atoms with van der Waals surface area (Å²) in [6.07, 6.45) is 0.285. The summed E-state index contributed by atoms with van der Waals surface area (Å²) in [6, 6.07) is 9.98. The minimum absolute atomic E-state index is 0.199. The molecule has 0 radical (unpaired) electrons. The van der Waals surface area contributed by atoms with Crippen molar-refractivity contribution in [3.05, 3.63) is 47.0 Å². The van der Waals surface area contributed by atoms with Crippen molar-refractivity contribution in [2.24, 2.45) is 0 Å². The third-order valence-electron chi connectivity index (χ3n) is 3.99. The van der Waals surface area contributed by atoms with Gasteiger partial charge in [0.05, 0.1) is 13.0 Å². The molecule has 0 bridgehead atoms. The zero-order valence-electron chi connectivity index (χ0n) is 12.5. The van der Waals surface area contributed by atoms with Crippen molar-refractivity contribution in [2.45, 2.75) is 27.2 Å². The minimum atomic E-state index is -0.199. The average molecular weight is 282 g/mol. The molecular weight excluding hydrogens is 264 g/mol. The van der Waals surface area contributed by atoms with Crippen LogP contribution in [0.3, 0.4) is 0 Å². The summed E-state index contributed by atoms with van der Waals surface area (Å²) in [4.78, 5) is 11.7. The molecule has 0 saturated carbocycles. The molecule has 0 spiro atoms. The lowest BCUT2D eigenvalue weighted by molar-refractivity contribution is -0.142. The first-order valence-corrected chi connectivity index (χ1v) is 7.17. The predicted octanol–water partition coefficient (Wildman–Crippen LogP) is 4.31. The quantitative estimate of drug-likeness (QED) is 0.672. The highest BCUT2D eigenvalue weighted by Gasteiger charge is 2.15. The molecular formula is C18H18O3. The van der Waals surface area contributed by atoms with Gasteiger partial charge in [0, 0.05) is 10.8 Å². The van der Waals surface area contributed by atoms with E-state index in [1.165, 1.54) is 0 Å². The van der Waals surface area contributed by atoms with Gasteiger partial charge in [0.25, 0.3) is 0 Å². The Morgan fingerprint density at radius 3 is 2.67 bits per heavy atom. The maximum atomic E-state index is 11.7. The van der Waals surface area contributed by atoms with E-state index in [-0.39, 0.29) is 12.4 Å². The fourth-order valence-electron chi connectivity index (χ4n) is 2.80. The maximum absolute atomic E-state index is 11.7. The third kappa shape index (κ3) is 2.29. The Bertz CT molecular complexity index is 827. The van der Waals surface area contributed by atoms with Gasteiger partial charge in [-0.2, -0.15) is 0 Å². The molecule has 0 aliphatic rings. The van der Waals surface area contributed by atoms with Gasteiger partial charge in [-0.25, -0.2) is 0 Å². The fourth-order valence-corrected chi connectivity index (χ4v) is 2.80. The molecule has 21 heavy (non-hydrogen) atoms. The van der Waals surface area contributed by atoms with Gasteiger partial charge in [-0.3, -0.25) is 4.79 Å². The molecule has 0 aliphatic carbocycles. The van der Waals surface area contributed by atoms with Crippen LogP contribution >= 0.6 is 0 Å². The summed E-state index contributed by atoms with van der Waals surface area (Å²) >= 11 is 0. The fraction of sp³-hybridized carbons (Fsp3) is 0.278. The molecule has 2 aromatic carbocycles. The largest absolute Gasteiger partial charge is 0.466 e. The molecule has 0 fully saturated rings. The number of carbonyl (C=O) groups is 1. The van der Waals surface area contributed by atoms with E-state index in [2.05, 4.69) is 13.0 Å². The Hall–Kier alpha value is -2.29. The summed E-state index contributed by atoms with van der Waals surface area (Å²) in [7, 11) is 0. The van der Waals surface area contributed by atoms with Gasteiger partial charge in [0.2, 0.25) is 0 Å². The summed E-state index contributed by atoms with van der Waals surface area (Å²) in [6.45, 7) is 6.35. The monoisotopic (exact) mass is 282 g/mol. The smallest absolute Gasteiger partial charge is 0.310 e. The van der Waals surface area contributed by atoms with Gasteiger partial charge >= 0.3 is 5.97 Å². The van der Waals surface area contributed by atoms with E-state index in [0.29, 0.717) is 6.61 Å². The molecule has 3 rings (SSSR count). The van der Waals surface area contributed by atoms with E-state index in [0.717, 1.165) is 38.6 Å². The van der Waals surface area contributed by atoms with Crippen LogP contribution in [0.25, 0.3) is 21.9 Å². The zero-order valence-corrected chi connectivity index (χ0v) is 12.5. The number of furan rings is 1. The average Bonchev–Trinajstić information content (AvgIpc) is 2.83. The van der Waals surface area contributed by atoms with Crippen LogP contribution < -0.4 is 0 Å². The van der Waals surface area contributed by atoms with Crippen LogP contribution in [0.5, 0.6) is 0 Å². The first-order chi connectivity index (χ1) is 10.1. The Balaban J connectivity index is 2.18. The predicted molar refractivity (Wildman–Crippen MR) is 83.5 cm³/mol. The van der Waals surface area contributed by atoms with E-state index in [4.69, 9.17) is 9.15 Å². The van der Waals surface area contributed by atoms with Gasteiger partial charge in [-0.05, 0) is 49.6 Å². The number of hydrogen-bond acceptors (Lipinski definition) is 3. The van der Waals surface area contributed by atoms with Crippen molar-refractivity contribution in [1.82, 2.24) is 0 Å². The minimum Gasteiger partial charge on any atom is -0.466 e. The SMILES string of the molecule is CCOC(=O)Cc1cc2oc3ccccc3c2c(C)c1C. The molecule has 0 saturated heterocycles. The second-order valence-corrected chi connectivity index (χ2v) is 5.24. The van der Waals surface area contributed by atoms with Crippen LogP contribution in [0.15, 0.2) is 34.7 Å². The highest BCUT2D eigenvalue weighted by atomic mass is 16.5. The van der Waals surface area contributed by atoms with Crippen molar-refractivity contribution < 1.29 is 13.9 Å². The zero-order chi connectivity index (χ0) is 15.0. The van der Waals surface area contributed by atoms with Gasteiger partial charge < -0.3 is 9.15 Å². The summed E-state index contributed by atoms with van der Waals surface area (Å²) < 4.78 is 11.0. The number of carbonyl (C=O) groups excluding carboxylic acids is 1. The third-order valence-corrected chi connectivity index (χ3v) is 3.99. The molecule has 108 valence electrons. The van der Waals surface area contributed by atoms with Crippen LogP contribution in [0.4, 0.5) is 0 Å². The van der Waals surface area contributed by atoms with Crippen LogP contribution in [0.2, 0.25) is 0 Å². The molecule has 1 aromatic heterocycles. The van der Waals surface area contributed by atoms with Crippen LogP contribution in [-0.4, -0.2) is 12.6 Å². The number of benzene rings is 2. The molecule has 0 atom stereocenters. The molecule has 0 unspecified atom stereocenters. The maximum Gasteiger partial charge on any atom is 0.310 e. The number of rotatable bonds is 3. The van der Waals surface area contributed by atoms with E-state index in [1.807, 2.05) is 38.1 Å². The van der Waals surface area contributed by atoms with Crippen LogP contribution in [0.1, 0.15) is 23.6 Å². The van der Waals surface area contributed by atoms with Crippen molar-refractivity contribution in [3.63, 3.8) is 0 Å². The Labute approximate surface area is 123 Å². The Morgan fingerprint density at radius 2 is 1.90 bits per heavy atom. The van der Waals surface area contributed by atoms with E-state index in [9.17, 15) is 4.79 Å². The number of hydrogen-bond donors (Lipinski definition) is 0. The highest BCUT2D eigenvalue weighted by molar-refractivity contribution is 6.07. The number of aryl methyl sites for hydroxylation is 1. The summed E-state index contributed by atoms with van der Waals surface area (Å²) in [5.41, 5.74) is 4.97. The molecule has 0 N–H and O–H groups in total. The second-order valence-electron chi connectivity index (χ2n) is 5.24. The molecule has 1 heterocycles. The molecule has 3 aromatic rings. The second kappa shape index (κ2) is 5.24. The molecule has 3 nitrogen and oxygen atoms in total. The molecule has 0 amide bonds. The van der Waals surface area contributed by atoms with Gasteiger partial charge in [0.1, 0.15) is 11.2 Å². The highest BCUT2D eigenvalue weighted by Crippen LogP contribution is 2.34. The summed E-state index contributed by atoms with van der Waals surface area (Å²) in [5, 5.41) is 2.26. The lowest BCUT2D eigenvalue weighted by Gasteiger charge is -2.09. The number of esters is 1. The Kier molecular flexibility index (Phi) is 3.42. The van der Waals surface area contributed by atoms with Gasteiger partial charge in [0.15, 0.2) is 0 Å². The van der Waals surface area contributed by atoms with Crippen molar-refractivity contribution in [3.8, 4) is 0 Å². The van der Waals surface area contributed by atoms with E-state index < -0.39 is 0 Å². The standard InChI is InChI=1S/C18H18O3/c1-4-20-17(19)10-13-9-16-18(12(3)11(13)2)14-7-5-6-8-15(14)21-16/h5-9H,4,10H2,1-3H3. The van der Waals surface area contributed by atoms with Crippen molar-refractivity contribution in [2.75, 3.05) is 6.61 Å². The topological polar surface area (TPSA) is 39.4 Å². The van der Waals surface area contributed by atoms with Crippen molar-refractivity contribution >= 4 is 27.9 Å². The first kappa shape index (κ1) is 13.7. The lowest BCUT2D eigenvalue weighted by Crippen LogP contribution is -2.09. The van der Waals surface area contributed by atoms with Crippen molar-refractivity contribution in [1.29, 1.82) is 0 Å². The van der Waals surface area contributed by atoms with Crippen LogP contribution in [0, 0.1) is 13.8 Å². The summed E-state index contributed by atoms with van der Waals surface area (Å²) in [5.74, 6) is -0.199. The molecule has 0 aliphatic heterocycles. The van der Waals surface area contributed by atoms with E-state index in [1.54, 1.807) is 0 Å². The van der Waals surface area contributed by atoms with Gasteiger partial charge in [-0.15, -0.1) is 0 Å².